The number of amides is 2. The van der Waals surface area contributed by atoms with E-state index in [1.807, 2.05) is 20.8 Å². The van der Waals surface area contributed by atoms with E-state index in [1.54, 1.807) is 17.0 Å². The van der Waals surface area contributed by atoms with Crippen LogP contribution in [0.4, 0.5) is 0 Å². The van der Waals surface area contributed by atoms with Crippen molar-refractivity contribution in [2.75, 3.05) is 19.7 Å². The fourth-order valence-electron chi connectivity index (χ4n) is 2.35. The van der Waals surface area contributed by atoms with Crippen molar-refractivity contribution in [2.24, 2.45) is 5.92 Å². The summed E-state index contributed by atoms with van der Waals surface area (Å²) in [6.45, 7) is 7.40. The lowest BCUT2D eigenvalue weighted by atomic mass is 10.0. The van der Waals surface area contributed by atoms with Gasteiger partial charge in [0.05, 0.1) is 19.0 Å². The van der Waals surface area contributed by atoms with Gasteiger partial charge in [0.2, 0.25) is 5.91 Å². The number of hydrogen-bond donors (Lipinski definition) is 1. The van der Waals surface area contributed by atoms with Crippen molar-refractivity contribution in [2.45, 2.75) is 32.9 Å². The van der Waals surface area contributed by atoms with E-state index in [0.717, 1.165) is 0 Å². The second kappa shape index (κ2) is 6.76. The Balaban J connectivity index is 2.04. The number of morpholine rings is 1. The predicted octanol–water partition coefficient (Wildman–Crippen LogP) is 1.28. The van der Waals surface area contributed by atoms with E-state index in [0.29, 0.717) is 19.7 Å². The van der Waals surface area contributed by atoms with E-state index in [4.69, 9.17) is 9.15 Å². The van der Waals surface area contributed by atoms with Crippen LogP contribution in [0, 0.1) is 5.92 Å². The molecule has 0 aliphatic carbocycles. The Morgan fingerprint density at radius 3 is 2.76 bits per heavy atom. The Kier molecular flexibility index (Phi) is 5.01. The van der Waals surface area contributed by atoms with Gasteiger partial charge >= 0.3 is 0 Å². The van der Waals surface area contributed by atoms with Crippen LogP contribution in [-0.2, 0) is 9.53 Å². The van der Waals surface area contributed by atoms with Crippen molar-refractivity contribution in [3.05, 3.63) is 24.2 Å². The smallest absolute Gasteiger partial charge is 0.287 e. The average molecular weight is 294 g/mol. The van der Waals surface area contributed by atoms with Crippen LogP contribution in [0.1, 0.15) is 31.3 Å². The van der Waals surface area contributed by atoms with Gasteiger partial charge < -0.3 is 19.4 Å². The molecule has 0 bridgehead atoms. The first-order chi connectivity index (χ1) is 9.99. The number of nitrogens with one attached hydrogen (secondary N) is 1. The molecule has 2 amide bonds. The molecular weight excluding hydrogens is 272 g/mol. The summed E-state index contributed by atoms with van der Waals surface area (Å²) in [5, 5.41) is 2.77. The molecule has 1 aliphatic rings. The first kappa shape index (κ1) is 15.6. The normalized spacial score (nSPS) is 20.4. The van der Waals surface area contributed by atoms with Crippen LogP contribution in [0.25, 0.3) is 0 Å². The van der Waals surface area contributed by atoms with Crippen LogP contribution < -0.4 is 5.32 Å². The standard InChI is InChI=1S/C15H22N2O4/c1-10(2)13(16-14(18)12-5-4-7-21-12)15(19)17-6-8-20-11(3)9-17/h4-5,7,10-11,13H,6,8-9H2,1-3H3,(H,16,18). The summed E-state index contributed by atoms with van der Waals surface area (Å²) < 4.78 is 10.5. The molecule has 2 heterocycles. The van der Waals surface area contributed by atoms with Crippen LogP contribution in [0.15, 0.2) is 22.8 Å². The highest BCUT2D eigenvalue weighted by atomic mass is 16.5. The zero-order chi connectivity index (χ0) is 15.4. The van der Waals surface area contributed by atoms with Crippen molar-refractivity contribution in [3.8, 4) is 0 Å². The maximum absolute atomic E-state index is 12.6. The van der Waals surface area contributed by atoms with Crippen LogP contribution in [-0.4, -0.2) is 48.6 Å². The minimum Gasteiger partial charge on any atom is -0.459 e. The van der Waals surface area contributed by atoms with Crippen LogP contribution in [0.2, 0.25) is 0 Å². The molecule has 0 saturated carbocycles. The third-order valence-electron chi connectivity index (χ3n) is 3.52. The molecule has 0 radical (unpaired) electrons. The fourth-order valence-corrected chi connectivity index (χ4v) is 2.35. The molecule has 116 valence electrons. The van der Waals surface area contributed by atoms with E-state index in [9.17, 15) is 9.59 Å². The number of nitrogens with zero attached hydrogens (tertiary/aromatic N) is 1. The predicted molar refractivity (Wildman–Crippen MR) is 76.8 cm³/mol. The molecule has 1 aliphatic heterocycles. The van der Waals surface area contributed by atoms with Gasteiger partial charge in [-0.2, -0.15) is 0 Å². The minimum absolute atomic E-state index is 0.00503. The molecule has 1 N–H and O–H groups in total. The second-order valence-electron chi connectivity index (χ2n) is 5.64. The highest BCUT2D eigenvalue weighted by molar-refractivity contribution is 5.95. The first-order valence-corrected chi connectivity index (χ1v) is 7.23. The molecule has 0 aromatic carbocycles. The van der Waals surface area contributed by atoms with Crippen molar-refractivity contribution in [1.82, 2.24) is 10.2 Å². The largest absolute Gasteiger partial charge is 0.459 e. The zero-order valence-corrected chi connectivity index (χ0v) is 12.7. The molecule has 0 spiro atoms. The Bertz CT molecular complexity index is 484. The fraction of sp³-hybridized carbons (Fsp3) is 0.600. The summed E-state index contributed by atoms with van der Waals surface area (Å²) in [5.74, 6) is -0.230. The van der Waals surface area contributed by atoms with Gasteiger partial charge in [-0.1, -0.05) is 13.8 Å². The molecule has 6 heteroatoms. The van der Waals surface area contributed by atoms with E-state index in [1.165, 1.54) is 6.26 Å². The topological polar surface area (TPSA) is 71.8 Å². The van der Waals surface area contributed by atoms with E-state index < -0.39 is 6.04 Å². The van der Waals surface area contributed by atoms with Crippen molar-refractivity contribution in [3.63, 3.8) is 0 Å². The van der Waals surface area contributed by atoms with Gasteiger partial charge in [-0.3, -0.25) is 9.59 Å². The summed E-state index contributed by atoms with van der Waals surface area (Å²) in [7, 11) is 0. The van der Waals surface area contributed by atoms with Gasteiger partial charge in [0.25, 0.3) is 5.91 Å². The summed E-state index contributed by atoms with van der Waals surface area (Å²) >= 11 is 0. The Morgan fingerprint density at radius 2 is 2.19 bits per heavy atom. The second-order valence-corrected chi connectivity index (χ2v) is 5.64. The third kappa shape index (κ3) is 3.85. The monoisotopic (exact) mass is 294 g/mol. The average Bonchev–Trinajstić information content (AvgIpc) is 2.97. The molecular formula is C15H22N2O4. The summed E-state index contributed by atoms with van der Waals surface area (Å²) in [6, 6.07) is 2.66. The quantitative estimate of drug-likeness (QED) is 0.908. The maximum atomic E-state index is 12.6. The summed E-state index contributed by atoms with van der Waals surface area (Å²) in [6.07, 6.45) is 1.46. The minimum atomic E-state index is -0.562. The van der Waals surface area contributed by atoms with Crippen LogP contribution >= 0.6 is 0 Å². The Morgan fingerprint density at radius 1 is 1.43 bits per heavy atom. The van der Waals surface area contributed by atoms with Gasteiger partial charge in [0.1, 0.15) is 6.04 Å². The molecule has 21 heavy (non-hydrogen) atoms. The lowest BCUT2D eigenvalue weighted by Crippen LogP contribution is -2.55. The first-order valence-electron chi connectivity index (χ1n) is 7.23. The Hall–Kier alpha value is -1.82. The number of ether oxygens (including phenoxy) is 1. The van der Waals surface area contributed by atoms with Gasteiger partial charge in [-0.05, 0) is 25.0 Å². The van der Waals surface area contributed by atoms with Gasteiger partial charge in [0, 0.05) is 13.1 Å². The number of rotatable bonds is 4. The third-order valence-corrected chi connectivity index (χ3v) is 3.52. The maximum Gasteiger partial charge on any atom is 0.287 e. The summed E-state index contributed by atoms with van der Waals surface area (Å²) in [4.78, 5) is 26.4. The van der Waals surface area contributed by atoms with E-state index in [-0.39, 0.29) is 29.6 Å². The van der Waals surface area contributed by atoms with Gasteiger partial charge in [0.15, 0.2) is 5.76 Å². The van der Waals surface area contributed by atoms with Gasteiger partial charge in [-0.15, -0.1) is 0 Å². The van der Waals surface area contributed by atoms with Crippen molar-refractivity contribution < 1.29 is 18.7 Å². The van der Waals surface area contributed by atoms with E-state index in [2.05, 4.69) is 5.32 Å². The molecule has 1 aromatic heterocycles. The summed E-state index contributed by atoms with van der Waals surface area (Å²) in [5.41, 5.74) is 0. The molecule has 1 fully saturated rings. The Labute approximate surface area is 124 Å². The van der Waals surface area contributed by atoms with Crippen LogP contribution in [0.5, 0.6) is 0 Å². The highest BCUT2D eigenvalue weighted by Crippen LogP contribution is 2.12. The SMILES string of the molecule is CC1CN(C(=O)C(NC(=O)c2ccco2)C(C)C)CCO1. The molecule has 2 rings (SSSR count). The molecule has 6 nitrogen and oxygen atoms in total. The number of carbonyl (C=O) groups excluding carboxylic acids is 2. The zero-order valence-electron chi connectivity index (χ0n) is 12.7. The van der Waals surface area contributed by atoms with E-state index >= 15 is 0 Å². The number of furan rings is 1. The van der Waals surface area contributed by atoms with Gasteiger partial charge in [-0.25, -0.2) is 0 Å². The van der Waals surface area contributed by atoms with Crippen LogP contribution in [0.3, 0.4) is 0 Å². The molecule has 2 atom stereocenters. The van der Waals surface area contributed by atoms with Crippen molar-refractivity contribution >= 4 is 11.8 Å². The lowest BCUT2D eigenvalue weighted by molar-refractivity contribution is -0.141. The number of carbonyl (C=O) groups is 2. The van der Waals surface area contributed by atoms with Crippen molar-refractivity contribution in [1.29, 1.82) is 0 Å². The molecule has 1 saturated heterocycles. The lowest BCUT2D eigenvalue weighted by Gasteiger charge is -2.34. The molecule has 2 unspecified atom stereocenters. The number of hydrogen-bond acceptors (Lipinski definition) is 4. The molecule has 1 aromatic rings. The highest BCUT2D eigenvalue weighted by Gasteiger charge is 2.31.